The van der Waals surface area contributed by atoms with E-state index in [9.17, 15) is 9.59 Å². The van der Waals surface area contributed by atoms with Crippen LogP contribution in [0.15, 0.2) is 42.5 Å². The molecular weight excluding hydrogens is 320 g/mol. The number of anilines is 2. The fraction of sp³-hybridized carbons (Fsp3) is 0.263. The molecule has 2 aromatic rings. The normalized spacial score (nSPS) is 22.6. The third kappa shape index (κ3) is 1.82. The minimum atomic E-state index is -0.982. The van der Waals surface area contributed by atoms with Gasteiger partial charge in [-0.25, -0.2) is 0 Å². The fourth-order valence-corrected chi connectivity index (χ4v) is 4.91. The number of nitrogens with zero attached hydrogens (tertiary/aromatic N) is 2. The summed E-state index contributed by atoms with van der Waals surface area (Å²) in [6.07, 6.45) is 0. The van der Waals surface area contributed by atoms with Crippen LogP contribution < -0.4 is 9.80 Å². The second-order valence-corrected chi connectivity index (χ2v) is 7.48. The first-order chi connectivity index (χ1) is 11.5. The molecule has 0 saturated carbocycles. The summed E-state index contributed by atoms with van der Waals surface area (Å²) in [6.45, 7) is 4.06. The number of para-hydroxylation sites is 1. The summed E-state index contributed by atoms with van der Waals surface area (Å²) >= 11 is 1.41. The van der Waals surface area contributed by atoms with Crippen LogP contribution in [-0.4, -0.2) is 24.6 Å². The van der Waals surface area contributed by atoms with Crippen LogP contribution in [0.3, 0.4) is 0 Å². The molecule has 4 nitrogen and oxygen atoms in total. The van der Waals surface area contributed by atoms with Crippen LogP contribution in [0, 0.1) is 13.8 Å². The van der Waals surface area contributed by atoms with E-state index in [0.717, 1.165) is 22.5 Å². The lowest BCUT2D eigenvalue weighted by molar-refractivity contribution is -0.123. The van der Waals surface area contributed by atoms with E-state index in [4.69, 9.17) is 0 Å². The lowest BCUT2D eigenvalue weighted by atomic mass is 10.0. The first kappa shape index (κ1) is 15.3. The van der Waals surface area contributed by atoms with Gasteiger partial charge in [-0.3, -0.25) is 14.5 Å². The zero-order valence-electron chi connectivity index (χ0n) is 13.9. The van der Waals surface area contributed by atoms with Gasteiger partial charge >= 0.3 is 0 Å². The van der Waals surface area contributed by atoms with Crippen LogP contribution in [0.4, 0.5) is 11.4 Å². The number of likely N-dealkylation sites (N-methyl/N-ethyl adjacent to an activating group) is 1. The van der Waals surface area contributed by atoms with Crippen LogP contribution in [0.25, 0.3) is 0 Å². The average Bonchev–Trinajstić information content (AvgIpc) is 3.03. The van der Waals surface area contributed by atoms with Crippen molar-refractivity contribution >= 4 is 35.0 Å². The molecule has 1 spiro atoms. The van der Waals surface area contributed by atoms with Crippen molar-refractivity contribution in [3.05, 3.63) is 59.2 Å². The summed E-state index contributed by atoms with van der Waals surface area (Å²) in [6, 6.07) is 13.7. The Labute approximate surface area is 145 Å². The van der Waals surface area contributed by atoms with Gasteiger partial charge in [0.2, 0.25) is 10.8 Å². The van der Waals surface area contributed by atoms with Crippen LogP contribution in [0.5, 0.6) is 0 Å². The van der Waals surface area contributed by atoms with E-state index < -0.39 is 4.87 Å². The number of carbonyl (C=O) groups excluding carboxylic acids is 2. The van der Waals surface area contributed by atoms with Gasteiger partial charge in [-0.1, -0.05) is 24.3 Å². The summed E-state index contributed by atoms with van der Waals surface area (Å²) in [7, 11) is 1.78. The number of benzene rings is 2. The van der Waals surface area contributed by atoms with E-state index in [-0.39, 0.29) is 11.8 Å². The molecule has 2 heterocycles. The van der Waals surface area contributed by atoms with E-state index in [1.807, 2.05) is 56.3 Å². The quantitative estimate of drug-likeness (QED) is 0.802. The Morgan fingerprint density at radius 1 is 1.04 bits per heavy atom. The second kappa shape index (κ2) is 5.11. The van der Waals surface area contributed by atoms with Gasteiger partial charge < -0.3 is 4.90 Å². The molecule has 4 rings (SSSR count). The number of fused-ring (bicyclic) bond motifs is 2. The molecule has 2 amide bonds. The number of rotatable bonds is 1. The molecule has 24 heavy (non-hydrogen) atoms. The predicted octanol–water partition coefficient (Wildman–Crippen LogP) is 3.21. The Morgan fingerprint density at radius 2 is 1.79 bits per heavy atom. The number of amides is 2. The standard InChI is InChI=1S/C19H18N2O2S/c1-12-8-9-14(10-13(12)2)21-17(22)11-24-19(21)15-6-4-5-7-16(15)20(3)18(19)23/h4-10H,11H2,1-3H3/t19-/m0/s1. The maximum absolute atomic E-state index is 13.2. The first-order valence-corrected chi connectivity index (χ1v) is 8.87. The van der Waals surface area contributed by atoms with Gasteiger partial charge in [-0.15, -0.1) is 11.8 Å². The van der Waals surface area contributed by atoms with E-state index in [0.29, 0.717) is 5.75 Å². The van der Waals surface area contributed by atoms with Gasteiger partial charge in [0.1, 0.15) is 0 Å². The van der Waals surface area contributed by atoms with Crippen molar-refractivity contribution in [1.29, 1.82) is 0 Å². The number of thioether (sulfide) groups is 1. The lowest BCUT2D eigenvalue weighted by Crippen LogP contribution is -2.49. The highest BCUT2D eigenvalue weighted by Gasteiger charge is 2.60. The monoisotopic (exact) mass is 338 g/mol. The Kier molecular flexibility index (Phi) is 3.25. The predicted molar refractivity (Wildman–Crippen MR) is 97.4 cm³/mol. The van der Waals surface area contributed by atoms with Crippen molar-refractivity contribution in [1.82, 2.24) is 0 Å². The zero-order chi connectivity index (χ0) is 17.1. The smallest absolute Gasteiger partial charge is 0.268 e. The van der Waals surface area contributed by atoms with Gasteiger partial charge in [-0.2, -0.15) is 0 Å². The van der Waals surface area contributed by atoms with Crippen molar-refractivity contribution in [2.45, 2.75) is 18.7 Å². The Bertz CT molecular complexity index is 879. The van der Waals surface area contributed by atoms with Crippen LogP contribution in [-0.2, 0) is 14.5 Å². The molecule has 1 saturated heterocycles. The third-order valence-corrected chi connectivity index (χ3v) is 6.33. The van der Waals surface area contributed by atoms with E-state index in [1.165, 1.54) is 17.3 Å². The molecule has 0 aliphatic carbocycles. The molecule has 1 atom stereocenters. The van der Waals surface area contributed by atoms with Crippen molar-refractivity contribution in [3.8, 4) is 0 Å². The largest absolute Gasteiger partial charge is 0.312 e. The molecule has 5 heteroatoms. The molecule has 2 aliphatic heterocycles. The SMILES string of the molecule is Cc1ccc(N2C(=O)CS[C@@]23C(=O)N(C)c2ccccc23)cc1C. The number of aryl methyl sites for hydroxylation is 2. The van der Waals surface area contributed by atoms with E-state index in [1.54, 1.807) is 16.8 Å². The lowest BCUT2D eigenvalue weighted by Gasteiger charge is -2.33. The number of hydrogen-bond acceptors (Lipinski definition) is 3. The maximum Gasteiger partial charge on any atom is 0.268 e. The zero-order valence-corrected chi connectivity index (χ0v) is 14.7. The Balaban J connectivity index is 1.95. The highest BCUT2D eigenvalue weighted by atomic mass is 32.2. The molecule has 0 unspecified atom stereocenters. The second-order valence-electron chi connectivity index (χ2n) is 6.31. The molecule has 2 aliphatic rings. The average molecular weight is 338 g/mol. The van der Waals surface area contributed by atoms with Gasteiger partial charge in [0, 0.05) is 18.3 Å². The van der Waals surface area contributed by atoms with Gasteiger partial charge in [0.05, 0.1) is 11.4 Å². The highest BCUT2D eigenvalue weighted by Crippen LogP contribution is 2.55. The van der Waals surface area contributed by atoms with Crippen LogP contribution in [0.1, 0.15) is 16.7 Å². The Morgan fingerprint density at radius 3 is 2.54 bits per heavy atom. The van der Waals surface area contributed by atoms with Crippen molar-refractivity contribution in [3.63, 3.8) is 0 Å². The van der Waals surface area contributed by atoms with Gasteiger partial charge in [0.15, 0.2) is 0 Å². The molecule has 122 valence electrons. The Hall–Kier alpha value is -2.27. The summed E-state index contributed by atoms with van der Waals surface area (Å²) in [5.74, 6) is 0.223. The van der Waals surface area contributed by atoms with E-state index in [2.05, 4.69) is 0 Å². The van der Waals surface area contributed by atoms with E-state index >= 15 is 0 Å². The highest BCUT2D eigenvalue weighted by molar-refractivity contribution is 8.02. The van der Waals surface area contributed by atoms with Crippen LogP contribution in [0.2, 0.25) is 0 Å². The van der Waals surface area contributed by atoms with Crippen LogP contribution >= 0.6 is 11.8 Å². The first-order valence-electron chi connectivity index (χ1n) is 7.89. The molecular formula is C19H18N2O2S. The molecule has 0 aromatic heterocycles. The minimum absolute atomic E-state index is 0.0262. The molecule has 0 bridgehead atoms. The minimum Gasteiger partial charge on any atom is -0.312 e. The summed E-state index contributed by atoms with van der Waals surface area (Å²) in [5, 5.41) is 0. The number of carbonyl (C=O) groups is 2. The third-order valence-electron chi connectivity index (χ3n) is 4.94. The van der Waals surface area contributed by atoms with Crippen molar-refractivity contribution in [2.75, 3.05) is 22.6 Å². The molecule has 1 fully saturated rings. The molecule has 0 radical (unpaired) electrons. The summed E-state index contributed by atoms with van der Waals surface area (Å²) in [5.41, 5.74) is 4.83. The van der Waals surface area contributed by atoms with Gasteiger partial charge in [0.25, 0.3) is 5.91 Å². The van der Waals surface area contributed by atoms with Crippen molar-refractivity contribution < 1.29 is 9.59 Å². The molecule has 2 aromatic carbocycles. The molecule has 0 N–H and O–H groups in total. The fourth-order valence-electron chi connectivity index (χ4n) is 3.52. The topological polar surface area (TPSA) is 40.6 Å². The summed E-state index contributed by atoms with van der Waals surface area (Å²) in [4.78, 5) is 28.3. The van der Waals surface area contributed by atoms with Gasteiger partial charge in [-0.05, 0) is 43.2 Å². The summed E-state index contributed by atoms with van der Waals surface area (Å²) < 4.78 is 0. The number of hydrogen-bond donors (Lipinski definition) is 0. The maximum atomic E-state index is 13.2. The van der Waals surface area contributed by atoms with Crippen molar-refractivity contribution in [2.24, 2.45) is 0 Å².